The summed E-state index contributed by atoms with van der Waals surface area (Å²) < 4.78 is 5.91. The average molecular weight is 511 g/mol. The van der Waals surface area contributed by atoms with Gasteiger partial charge in [0.25, 0.3) is 11.6 Å². The van der Waals surface area contributed by atoms with Gasteiger partial charge < -0.3 is 20.7 Å². The van der Waals surface area contributed by atoms with E-state index in [4.69, 9.17) is 10.5 Å². The Kier molecular flexibility index (Phi) is 9.15. The smallest absolute Gasteiger partial charge is 0.269 e. The highest BCUT2D eigenvalue weighted by molar-refractivity contribution is 5.97. The second-order valence-electron chi connectivity index (χ2n) is 9.50. The number of ether oxygens (including phenoxy) is 1. The number of rotatable bonds is 10. The summed E-state index contributed by atoms with van der Waals surface area (Å²) in [5.41, 5.74) is 7.05. The number of nitrogens with one attached hydrogen (secondary N) is 1. The monoisotopic (exact) mass is 510 g/mol. The van der Waals surface area contributed by atoms with Gasteiger partial charge in [-0.3, -0.25) is 29.6 Å². The molecule has 0 bridgehead atoms. The van der Waals surface area contributed by atoms with E-state index in [1.165, 1.54) is 18.3 Å². The van der Waals surface area contributed by atoms with Gasteiger partial charge in [-0.1, -0.05) is 12.1 Å². The van der Waals surface area contributed by atoms with Crippen molar-refractivity contribution in [3.8, 4) is 0 Å². The number of amides is 2. The van der Waals surface area contributed by atoms with E-state index in [2.05, 4.69) is 15.2 Å². The molecule has 37 heavy (non-hydrogen) atoms. The molecule has 2 saturated heterocycles. The van der Waals surface area contributed by atoms with E-state index >= 15 is 0 Å². The number of nitrogens with two attached hydrogens (primary N) is 1. The normalized spacial score (nSPS) is 21.7. The highest BCUT2D eigenvalue weighted by Gasteiger charge is 2.39. The molecule has 2 fully saturated rings. The van der Waals surface area contributed by atoms with Crippen LogP contribution in [0.25, 0.3) is 0 Å². The Balaban J connectivity index is 1.55. The average Bonchev–Trinajstić information content (AvgIpc) is 3.44. The van der Waals surface area contributed by atoms with Crippen molar-refractivity contribution in [3.05, 3.63) is 70.0 Å². The summed E-state index contributed by atoms with van der Waals surface area (Å²) in [4.78, 5) is 45.2. The molecular formula is C26H34N6O5. The third-order valence-corrected chi connectivity index (χ3v) is 7.00. The first kappa shape index (κ1) is 26.6. The predicted molar refractivity (Wildman–Crippen MR) is 137 cm³/mol. The number of carbonyl (C=O) groups is 2. The Morgan fingerprint density at radius 3 is 2.70 bits per heavy atom. The number of nitro benzene ring substituents is 1. The van der Waals surface area contributed by atoms with Gasteiger partial charge in [0, 0.05) is 69.9 Å². The van der Waals surface area contributed by atoms with Gasteiger partial charge in [-0.15, -0.1) is 0 Å². The van der Waals surface area contributed by atoms with Crippen LogP contribution in [0.1, 0.15) is 41.6 Å². The lowest BCUT2D eigenvalue weighted by molar-refractivity contribution is -0.384. The Morgan fingerprint density at radius 2 is 2.05 bits per heavy atom. The molecular weight excluding hydrogens is 476 g/mol. The summed E-state index contributed by atoms with van der Waals surface area (Å²) in [6, 6.07) is 9.34. The molecule has 2 aliphatic rings. The maximum Gasteiger partial charge on any atom is 0.269 e. The topological polar surface area (TPSA) is 144 Å². The lowest BCUT2D eigenvalue weighted by atomic mass is 9.93. The second kappa shape index (κ2) is 12.7. The lowest BCUT2D eigenvalue weighted by Gasteiger charge is -2.43. The number of likely N-dealkylation sites (tertiary alicyclic amines) is 1. The number of non-ortho nitro benzene ring substituents is 1. The standard InChI is InChI=1S/C26H34N6O5/c27-10-12-29-25(33)24-15-22(9-13-31(24)26(34)20-3-1-11-28-16-20)30(18-23-4-2-14-37-23)17-19-5-7-21(8-6-19)32(35)36/h1,3,5-8,11,16,22-24H,2,4,9-10,12-15,17-18,27H2,(H,29,33)/t22?,23?,24-/m1/s1. The van der Waals surface area contributed by atoms with Crippen molar-refractivity contribution in [1.29, 1.82) is 0 Å². The summed E-state index contributed by atoms with van der Waals surface area (Å²) in [5, 5.41) is 13.9. The molecule has 1 aromatic heterocycles. The second-order valence-corrected chi connectivity index (χ2v) is 9.50. The Morgan fingerprint density at radius 1 is 1.24 bits per heavy atom. The number of pyridine rings is 1. The molecule has 3 atom stereocenters. The molecule has 198 valence electrons. The van der Waals surface area contributed by atoms with Gasteiger partial charge in [0.2, 0.25) is 5.91 Å². The van der Waals surface area contributed by atoms with Crippen LogP contribution >= 0.6 is 0 Å². The molecule has 2 unspecified atom stereocenters. The Bertz CT molecular complexity index is 1060. The number of nitrogens with zero attached hydrogens (tertiary/aromatic N) is 4. The van der Waals surface area contributed by atoms with E-state index in [1.807, 2.05) is 0 Å². The highest BCUT2D eigenvalue weighted by Crippen LogP contribution is 2.27. The molecule has 3 N–H and O–H groups in total. The van der Waals surface area contributed by atoms with Crippen LogP contribution in [-0.4, -0.2) is 82.5 Å². The minimum Gasteiger partial charge on any atom is -0.377 e. The fraction of sp³-hybridized carbons (Fsp3) is 0.500. The van der Waals surface area contributed by atoms with Crippen LogP contribution in [0.4, 0.5) is 5.69 Å². The van der Waals surface area contributed by atoms with Crippen LogP contribution < -0.4 is 11.1 Å². The van der Waals surface area contributed by atoms with Crippen LogP contribution in [0.3, 0.4) is 0 Å². The lowest BCUT2D eigenvalue weighted by Crippen LogP contribution is -2.58. The summed E-state index contributed by atoms with van der Waals surface area (Å²) in [6.45, 7) is 3.05. The zero-order valence-corrected chi connectivity index (χ0v) is 20.8. The van der Waals surface area contributed by atoms with Crippen molar-refractivity contribution in [2.75, 3.05) is 32.8 Å². The van der Waals surface area contributed by atoms with E-state index in [1.54, 1.807) is 35.4 Å². The number of hydrogen-bond donors (Lipinski definition) is 2. The number of hydrogen-bond acceptors (Lipinski definition) is 8. The minimum atomic E-state index is -0.651. The van der Waals surface area contributed by atoms with Crippen LogP contribution in [0.5, 0.6) is 0 Å². The molecule has 0 spiro atoms. The summed E-state index contributed by atoms with van der Waals surface area (Å²) in [6.07, 6.45) is 6.34. The zero-order chi connectivity index (χ0) is 26.2. The molecule has 4 rings (SSSR count). The first-order valence-corrected chi connectivity index (χ1v) is 12.7. The van der Waals surface area contributed by atoms with Crippen molar-refractivity contribution in [2.45, 2.75) is 50.4 Å². The third kappa shape index (κ3) is 6.88. The molecule has 0 saturated carbocycles. The largest absolute Gasteiger partial charge is 0.377 e. The summed E-state index contributed by atoms with van der Waals surface area (Å²) >= 11 is 0. The Labute approximate surface area is 216 Å². The molecule has 3 heterocycles. The summed E-state index contributed by atoms with van der Waals surface area (Å²) in [5.74, 6) is -0.444. The van der Waals surface area contributed by atoms with Crippen molar-refractivity contribution >= 4 is 17.5 Å². The number of carbonyl (C=O) groups excluding carboxylic acids is 2. The van der Waals surface area contributed by atoms with Crippen molar-refractivity contribution < 1.29 is 19.2 Å². The SMILES string of the molecule is NCCNC(=O)[C@H]1CC(N(Cc2ccc([N+](=O)[O-])cc2)CC2CCCO2)CCN1C(=O)c1cccnc1. The fourth-order valence-electron chi connectivity index (χ4n) is 5.09. The first-order chi connectivity index (χ1) is 18.0. The number of aromatic nitrogens is 1. The maximum absolute atomic E-state index is 13.3. The predicted octanol–water partition coefficient (Wildman–Crippen LogP) is 1.72. The van der Waals surface area contributed by atoms with Crippen molar-refractivity contribution in [1.82, 2.24) is 20.1 Å². The third-order valence-electron chi connectivity index (χ3n) is 7.00. The van der Waals surface area contributed by atoms with Gasteiger partial charge >= 0.3 is 0 Å². The number of benzene rings is 1. The maximum atomic E-state index is 13.3. The van der Waals surface area contributed by atoms with E-state index in [-0.39, 0.29) is 29.6 Å². The van der Waals surface area contributed by atoms with Gasteiger partial charge in [-0.25, -0.2) is 0 Å². The van der Waals surface area contributed by atoms with E-state index < -0.39 is 11.0 Å². The van der Waals surface area contributed by atoms with Gasteiger partial charge in [0.15, 0.2) is 0 Å². The van der Waals surface area contributed by atoms with Crippen LogP contribution in [0.15, 0.2) is 48.8 Å². The molecule has 2 aromatic rings. The Hall–Kier alpha value is -3.41. The van der Waals surface area contributed by atoms with E-state index in [0.29, 0.717) is 51.1 Å². The van der Waals surface area contributed by atoms with Crippen LogP contribution in [-0.2, 0) is 16.1 Å². The quantitative estimate of drug-likeness (QED) is 0.363. The van der Waals surface area contributed by atoms with Gasteiger partial charge in [0.1, 0.15) is 6.04 Å². The number of piperidine rings is 1. The first-order valence-electron chi connectivity index (χ1n) is 12.7. The van der Waals surface area contributed by atoms with E-state index in [0.717, 1.165) is 25.0 Å². The summed E-state index contributed by atoms with van der Waals surface area (Å²) in [7, 11) is 0. The van der Waals surface area contributed by atoms with E-state index in [9.17, 15) is 19.7 Å². The highest BCUT2D eigenvalue weighted by atomic mass is 16.6. The number of nitro groups is 1. The molecule has 2 aliphatic heterocycles. The molecule has 11 heteroatoms. The van der Waals surface area contributed by atoms with Gasteiger partial charge in [0.05, 0.1) is 16.6 Å². The van der Waals surface area contributed by atoms with Gasteiger partial charge in [-0.2, -0.15) is 0 Å². The molecule has 0 radical (unpaired) electrons. The fourth-order valence-corrected chi connectivity index (χ4v) is 5.09. The molecule has 2 amide bonds. The van der Waals surface area contributed by atoms with Crippen LogP contribution in [0.2, 0.25) is 0 Å². The molecule has 1 aromatic carbocycles. The molecule has 11 nitrogen and oxygen atoms in total. The van der Waals surface area contributed by atoms with Crippen LogP contribution in [0, 0.1) is 10.1 Å². The van der Waals surface area contributed by atoms with Crippen molar-refractivity contribution in [3.63, 3.8) is 0 Å². The van der Waals surface area contributed by atoms with Crippen molar-refractivity contribution in [2.24, 2.45) is 5.73 Å². The minimum absolute atomic E-state index is 0.0194. The molecule has 0 aliphatic carbocycles. The zero-order valence-electron chi connectivity index (χ0n) is 20.8. The van der Waals surface area contributed by atoms with Gasteiger partial charge in [-0.05, 0) is 43.4 Å².